The third-order valence-corrected chi connectivity index (χ3v) is 4.84. The van der Waals surface area contributed by atoms with E-state index in [-0.39, 0.29) is 0 Å². The van der Waals surface area contributed by atoms with E-state index in [0.717, 1.165) is 17.8 Å². The van der Waals surface area contributed by atoms with Crippen molar-refractivity contribution in [1.82, 2.24) is 10.2 Å². The van der Waals surface area contributed by atoms with Crippen LogP contribution >= 0.6 is 0 Å². The average molecular weight is 252 g/mol. The van der Waals surface area contributed by atoms with Crippen LogP contribution in [0.25, 0.3) is 0 Å². The Morgan fingerprint density at radius 1 is 1.06 bits per heavy atom. The van der Waals surface area contributed by atoms with Crippen molar-refractivity contribution in [2.75, 3.05) is 26.2 Å². The summed E-state index contributed by atoms with van der Waals surface area (Å²) in [4.78, 5) is 2.73. The van der Waals surface area contributed by atoms with Gasteiger partial charge >= 0.3 is 0 Å². The molecule has 1 aliphatic carbocycles. The second-order valence-electron chi connectivity index (χ2n) is 7.10. The zero-order valence-corrected chi connectivity index (χ0v) is 12.6. The summed E-state index contributed by atoms with van der Waals surface area (Å²) in [5, 5.41) is 3.59. The summed E-state index contributed by atoms with van der Waals surface area (Å²) in [6.07, 6.45) is 7.30. The molecule has 1 N–H and O–H groups in total. The molecule has 0 aromatic carbocycles. The smallest absolute Gasteiger partial charge is 0.00224 e. The Kier molecular flexibility index (Phi) is 5.50. The molecule has 1 unspecified atom stereocenters. The number of nitrogens with one attached hydrogen (secondary N) is 1. The van der Waals surface area contributed by atoms with Crippen molar-refractivity contribution >= 4 is 0 Å². The second-order valence-corrected chi connectivity index (χ2v) is 7.10. The minimum atomic E-state index is 0.638. The van der Waals surface area contributed by atoms with E-state index in [1.807, 2.05) is 0 Å². The molecule has 0 radical (unpaired) electrons. The number of rotatable bonds is 5. The van der Waals surface area contributed by atoms with Gasteiger partial charge in [0, 0.05) is 19.1 Å². The van der Waals surface area contributed by atoms with Crippen molar-refractivity contribution in [3.8, 4) is 0 Å². The number of likely N-dealkylation sites (tertiary alicyclic amines) is 1. The lowest BCUT2D eigenvalue weighted by Gasteiger charge is -2.29. The maximum Gasteiger partial charge on any atom is 0.00224 e. The van der Waals surface area contributed by atoms with E-state index in [4.69, 9.17) is 0 Å². The van der Waals surface area contributed by atoms with Gasteiger partial charge in [0.15, 0.2) is 0 Å². The van der Waals surface area contributed by atoms with E-state index in [0.29, 0.717) is 6.04 Å². The van der Waals surface area contributed by atoms with Gasteiger partial charge in [0.1, 0.15) is 0 Å². The highest BCUT2D eigenvalue weighted by Gasteiger charge is 2.26. The Labute approximate surface area is 114 Å². The highest BCUT2D eigenvalue weighted by atomic mass is 15.2. The molecule has 2 aliphatic rings. The first kappa shape index (κ1) is 14.3. The Morgan fingerprint density at radius 3 is 2.44 bits per heavy atom. The van der Waals surface area contributed by atoms with Crippen LogP contribution in [0.4, 0.5) is 0 Å². The van der Waals surface area contributed by atoms with Gasteiger partial charge in [-0.3, -0.25) is 0 Å². The molecular formula is C16H32N2. The SMILES string of the molecule is CC1CCC(CN2CCC(CNC(C)C)C2)CC1. The van der Waals surface area contributed by atoms with Crippen LogP contribution in [0.3, 0.4) is 0 Å². The van der Waals surface area contributed by atoms with E-state index < -0.39 is 0 Å². The van der Waals surface area contributed by atoms with Gasteiger partial charge in [0.2, 0.25) is 0 Å². The fraction of sp³-hybridized carbons (Fsp3) is 1.00. The summed E-state index contributed by atoms with van der Waals surface area (Å²) in [6, 6.07) is 0.638. The molecule has 2 heteroatoms. The Hall–Kier alpha value is -0.0800. The van der Waals surface area contributed by atoms with E-state index >= 15 is 0 Å². The van der Waals surface area contributed by atoms with Crippen LogP contribution in [0.15, 0.2) is 0 Å². The van der Waals surface area contributed by atoms with Gasteiger partial charge in [-0.25, -0.2) is 0 Å². The van der Waals surface area contributed by atoms with Crippen molar-refractivity contribution in [1.29, 1.82) is 0 Å². The molecule has 0 aromatic heterocycles. The van der Waals surface area contributed by atoms with Crippen molar-refractivity contribution in [3.63, 3.8) is 0 Å². The van der Waals surface area contributed by atoms with Crippen molar-refractivity contribution < 1.29 is 0 Å². The van der Waals surface area contributed by atoms with Crippen LogP contribution in [0, 0.1) is 17.8 Å². The second kappa shape index (κ2) is 6.91. The number of hydrogen-bond donors (Lipinski definition) is 1. The van der Waals surface area contributed by atoms with Crippen molar-refractivity contribution in [3.05, 3.63) is 0 Å². The Balaban J connectivity index is 1.63. The lowest BCUT2D eigenvalue weighted by atomic mass is 9.83. The molecule has 1 saturated carbocycles. The quantitative estimate of drug-likeness (QED) is 0.809. The van der Waals surface area contributed by atoms with E-state index in [2.05, 4.69) is 31.0 Å². The van der Waals surface area contributed by atoms with Gasteiger partial charge in [-0.05, 0) is 50.1 Å². The fourth-order valence-corrected chi connectivity index (χ4v) is 3.52. The summed E-state index contributed by atoms with van der Waals surface area (Å²) in [5.74, 6) is 2.88. The summed E-state index contributed by atoms with van der Waals surface area (Å²) >= 11 is 0. The van der Waals surface area contributed by atoms with Gasteiger partial charge in [-0.1, -0.05) is 33.6 Å². The largest absolute Gasteiger partial charge is 0.314 e. The lowest BCUT2D eigenvalue weighted by molar-refractivity contribution is 0.205. The molecule has 2 rings (SSSR count). The Bertz CT molecular complexity index is 231. The minimum absolute atomic E-state index is 0.638. The monoisotopic (exact) mass is 252 g/mol. The highest BCUT2D eigenvalue weighted by Crippen LogP contribution is 2.30. The van der Waals surface area contributed by atoms with E-state index in [9.17, 15) is 0 Å². The summed E-state index contributed by atoms with van der Waals surface area (Å²) in [6.45, 7) is 12.2. The summed E-state index contributed by atoms with van der Waals surface area (Å²) in [5.41, 5.74) is 0. The third kappa shape index (κ3) is 4.55. The first-order valence-electron chi connectivity index (χ1n) is 8.09. The van der Waals surface area contributed by atoms with Gasteiger partial charge in [-0.15, -0.1) is 0 Å². The summed E-state index contributed by atoms with van der Waals surface area (Å²) in [7, 11) is 0. The molecule has 1 heterocycles. The molecule has 2 nitrogen and oxygen atoms in total. The molecule has 1 atom stereocenters. The molecule has 2 fully saturated rings. The van der Waals surface area contributed by atoms with E-state index in [1.54, 1.807) is 0 Å². The molecule has 1 aliphatic heterocycles. The molecule has 0 aromatic rings. The first-order valence-corrected chi connectivity index (χ1v) is 8.09. The predicted molar refractivity (Wildman–Crippen MR) is 78.8 cm³/mol. The maximum atomic E-state index is 3.59. The van der Waals surface area contributed by atoms with Crippen LogP contribution < -0.4 is 5.32 Å². The van der Waals surface area contributed by atoms with Crippen LogP contribution in [0.2, 0.25) is 0 Å². The zero-order valence-electron chi connectivity index (χ0n) is 12.6. The minimum Gasteiger partial charge on any atom is -0.314 e. The third-order valence-electron chi connectivity index (χ3n) is 4.84. The first-order chi connectivity index (χ1) is 8.63. The van der Waals surface area contributed by atoms with Crippen molar-refractivity contribution in [2.24, 2.45) is 17.8 Å². The van der Waals surface area contributed by atoms with Crippen LogP contribution in [-0.4, -0.2) is 37.1 Å². The molecule has 0 spiro atoms. The Morgan fingerprint density at radius 2 is 1.78 bits per heavy atom. The summed E-state index contributed by atoms with van der Waals surface area (Å²) < 4.78 is 0. The molecule has 0 amide bonds. The standard InChI is InChI=1S/C16H32N2/c1-13(2)17-10-16-8-9-18(12-16)11-15-6-4-14(3)5-7-15/h13-17H,4-12H2,1-3H3. The normalized spacial score (nSPS) is 34.3. The molecule has 106 valence electrons. The topological polar surface area (TPSA) is 15.3 Å². The van der Waals surface area contributed by atoms with E-state index in [1.165, 1.54) is 58.3 Å². The fourth-order valence-electron chi connectivity index (χ4n) is 3.52. The number of nitrogens with zero attached hydrogens (tertiary/aromatic N) is 1. The molecular weight excluding hydrogens is 220 g/mol. The van der Waals surface area contributed by atoms with Gasteiger partial charge in [0.05, 0.1) is 0 Å². The zero-order chi connectivity index (χ0) is 13.0. The van der Waals surface area contributed by atoms with Gasteiger partial charge in [-0.2, -0.15) is 0 Å². The predicted octanol–water partition coefficient (Wildman–Crippen LogP) is 3.13. The molecule has 1 saturated heterocycles. The molecule has 0 bridgehead atoms. The maximum absolute atomic E-state index is 3.59. The van der Waals surface area contributed by atoms with Gasteiger partial charge in [0.25, 0.3) is 0 Å². The van der Waals surface area contributed by atoms with Crippen LogP contribution in [0.1, 0.15) is 52.9 Å². The lowest BCUT2D eigenvalue weighted by Crippen LogP contribution is -2.33. The van der Waals surface area contributed by atoms with Gasteiger partial charge < -0.3 is 10.2 Å². The van der Waals surface area contributed by atoms with Crippen LogP contribution in [0.5, 0.6) is 0 Å². The number of hydrogen-bond acceptors (Lipinski definition) is 2. The highest BCUT2D eigenvalue weighted by molar-refractivity contribution is 4.81. The average Bonchev–Trinajstić information content (AvgIpc) is 2.77. The molecule has 18 heavy (non-hydrogen) atoms. The van der Waals surface area contributed by atoms with Crippen molar-refractivity contribution in [2.45, 2.75) is 58.9 Å². The van der Waals surface area contributed by atoms with Crippen LogP contribution in [-0.2, 0) is 0 Å².